The fourth-order valence-corrected chi connectivity index (χ4v) is 8.62. The van der Waals surface area contributed by atoms with E-state index in [1.54, 1.807) is 18.9 Å². The largest absolute Gasteiger partial charge is 0.491 e. The molecule has 0 atom stereocenters. The Morgan fingerprint density at radius 3 is 1.60 bits per heavy atom. The molecule has 4 rings (SSSR count). The average molecular weight is 555 g/mol. The molecule has 0 amide bonds. The van der Waals surface area contributed by atoms with Crippen LogP contribution in [0.1, 0.15) is 173 Å². The van der Waals surface area contributed by atoms with Gasteiger partial charge in [-0.3, -0.25) is 0 Å². The summed E-state index contributed by atoms with van der Waals surface area (Å²) in [5, 5.41) is 0. The van der Waals surface area contributed by atoms with Gasteiger partial charge in [-0.15, -0.1) is 0 Å². The third-order valence-electron chi connectivity index (χ3n) is 11.4. The quantitative estimate of drug-likeness (QED) is 0.185. The van der Waals surface area contributed by atoms with Crippen molar-refractivity contribution in [1.82, 2.24) is 0 Å². The third-order valence-corrected chi connectivity index (χ3v) is 11.4. The second-order valence-corrected chi connectivity index (χ2v) is 14.3. The molecule has 3 aliphatic carbocycles. The van der Waals surface area contributed by atoms with Gasteiger partial charge in [-0.05, 0) is 111 Å². The van der Waals surface area contributed by atoms with Crippen LogP contribution in [0.3, 0.4) is 0 Å². The standard InChI is InChI=1S/C38H63FO/c1-3-5-7-8-11-30-14-20-33(21-15-30)34-22-16-31(17-23-34)12-9-10-13-32-18-24-35(25-19-32)36-26-27-38(37(39)29-36)40-28-6-4-2/h26-27,29-35H,3-25,28H2,1-2H3. The van der Waals surface area contributed by atoms with E-state index in [4.69, 9.17) is 4.74 Å². The van der Waals surface area contributed by atoms with Gasteiger partial charge in [0.1, 0.15) is 0 Å². The zero-order valence-electron chi connectivity index (χ0n) is 26.5. The van der Waals surface area contributed by atoms with Crippen molar-refractivity contribution in [2.24, 2.45) is 29.6 Å². The first kappa shape index (κ1) is 31.9. The lowest BCUT2D eigenvalue weighted by Crippen LogP contribution is -2.26. The topological polar surface area (TPSA) is 9.23 Å². The number of ether oxygens (including phenoxy) is 1. The van der Waals surface area contributed by atoms with Crippen LogP contribution in [-0.2, 0) is 0 Å². The van der Waals surface area contributed by atoms with Crippen LogP contribution in [0.15, 0.2) is 18.2 Å². The van der Waals surface area contributed by atoms with E-state index < -0.39 is 0 Å². The molecule has 0 saturated heterocycles. The van der Waals surface area contributed by atoms with Crippen LogP contribution in [-0.4, -0.2) is 6.61 Å². The Balaban J connectivity index is 1.03. The van der Waals surface area contributed by atoms with E-state index in [0.29, 0.717) is 18.3 Å². The lowest BCUT2D eigenvalue weighted by Gasteiger charge is -2.38. The Hall–Kier alpha value is -1.05. The summed E-state index contributed by atoms with van der Waals surface area (Å²) in [5.74, 6) is 5.89. The molecule has 0 spiro atoms. The zero-order valence-corrected chi connectivity index (χ0v) is 26.5. The molecule has 0 aliphatic heterocycles. The predicted octanol–water partition coefficient (Wildman–Crippen LogP) is 12.4. The van der Waals surface area contributed by atoms with Crippen molar-refractivity contribution in [2.75, 3.05) is 6.61 Å². The molecule has 0 unspecified atom stereocenters. The second kappa shape index (κ2) is 17.8. The van der Waals surface area contributed by atoms with Gasteiger partial charge >= 0.3 is 0 Å². The van der Waals surface area contributed by atoms with E-state index in [-0.39, 0.29) is 5.82 Å². The average Bonchev–Trinajstić information content (AvgIpc) is 2.99. The van der Waals surface area contributed by atoms with E-state index in [2.05, 4.69) is 19.9 Å². The van der Waals surface area contributed by atoms with Crippen LogP contribution < -0.4 is 4.74 Å². The van der Waals surface area contributed by atoms with Gasteiger partial charge in [-0.25, -0.2) is 4.39 Å². The number of hydrogen-bond donors (Lipinski definition) is 0. The van der Waals surface area contributed by atoms with Crippen molar-refractivity contribution in [1.29, 1.82) is 0 Å². The van der Waals surface area contributed by atoms with Crippen LogP contribution in [0.25, 0.3) is 0 Å². The normalized spacial score (nSPS) is 29.4. The highest BCUT2D eigenvalue weighted by Gasteiger charge is 2.30. The Morgan fingerprint density at radius 2 is 1.10 bits per heavy atom. The summed E-state index contributed by atoms with van der Waals surface area (Å²) in [7, 11) is 0. The first-order chi connectivity index (χ1) is 19.7. The van der Waals surface area contributed by atoms with Gasteiger partial charge in [0.15, 0.2) is 11.6 Å². The Kier molecular flexibility index (Phi) is 14.2. The number of hydrogen-bond acceptors (Lipinski definition) is 1. The SMILES string of the molecule is CCCCCCC1CCC(C2CCC(CCCCC3CCC(c4ccc(OCCCC)c(F)c4)CC3)CC2)CC1. The monoisotopic (exact) mass is 554 g/mol. The van der Waals surface area contributed by atoms with Crippen molar-refractivity contribution in [3.8, 4) is 5.75 Å². The minimum absolute atomic E-state index is 0.176. The molecule has 1 aromatic rings. The molecule has 1 aromatic carbocycles. The molecule has 3 saturated carbocycles. The smallest absolute Gasteiger partial charge is 0.165 e. The molecule has 40 heavy (non-hydrogen) atoms. The van der Waals surface area contributed by atoms with Crippen LogP contribution in [0, 0.1) is 35.4 Å². The maximum Gasteiger partial charge on any atom is 0.165 e. The maximum absolute atomic E-state index is 14.5. The first-order valence-electron chi connectivity index (χ1n) is 18.1. The van der Waals surface area contributed by atoms with E-state index >= 15 is 0 Å². The summed E-state index contributed by atoms with van der Waals surface area (Å²) in [4.78, 5) is 0. The molecule has 3 fully saturated rings. The van der Waals surface area contributed by atoms with Crippen LogP contribution >= 0.6 is 0 Å². The Bertz CT molecular complexity index is 796. The molecular formula is C38H63FO. The van der Waals surface area contributed by atoms with Crippen molar-refractivity contribution in [3.63, 3.8) is 0 Å². The molecule has 228 valence electrons. The Morgan fingerprint density at radius 1 is 0.600 bits per heavy atom. The number of benzene rings is 1. The predicted molar refractivity (Wildman–Crippen MR) is 170 cm³/mol. The summed E-state index contributed by atoms with van der Waals surface area (Å²) in [5.41, 5.74) is 1.19. The number of unbranched alkanes of at least 4 members (excludes halogenated alkanes) is 5. The third kappa shape index (κ3) is 10.3. The van der Waals surface area contributed by atoms with Gasteiger partial charge in [0.2, 0.25) is 0 Å². The summed E-state index contributed by atoms with van der Waals surface area (Å²) >= 11 is 0. The summed E-state index contributed by atoms with van der Waals surface area (Å²) in [6.07, 6.45) is 32.5. The molecule has 0 heterocycles. The molecule has 0 radical (unpaired) electrons. The van der Waals surface area contributed by atoms with Crippen molar-refractivity contribution >= 4 is 0 Å². The highest BCUT2D eigenvalue weighted by molar-refractivity contribution is 5.31. The van der Waals surface area contributed by atoms with Gasteiger partial charge in [0.25, 0.3) is 0 Å². The molecule has 0 aromatic heterocycles. The van der Waals surface area contributed by atoms with Gasteiger partial charge < -0.3 is 4.74 Å². The lowest BCUT2D eigenvalue weighted by molar-refractivity contribution is 0.139. The summed E-state index contributed by atoms with van der Waals surface area (Å²) in [6, 6.07) is 5.73. The van der Waals surface area contributed by atoms with E-state index in [9.17, 15) is 4.39 Å². The maximum atomic E-state index is 14.5. The van der Waals surface area contributed by atoms with E-state index in [1.807, 2.05) is 6.07 Å². The highest BCUT2D eigenvalue weighted by Crippen LogP contribution is 2.44. The van der Waals surface area contributed by atoms with Crippen LogP contribution in [0.5, 0.6) is 5.75 Å². The molecule has 2 heteroatoms. The zero-order chi connectivity index (χ0) is 28.0. The molecule has 1 nitrogen and oxygen atoms in total. The summed E-state index contributed by atoms with van der Waals surface area (Å²) < 4.78 is 20.1. The fraction of sp³-hybridized carbons (Fsp3) is 0.842. The number of halogens is 1. The minimum Gasteiger partial charge on any atom is -0.491 e. The van der Waals surface area contributed by atoms with E-state index in [0.717, 1.165) is 42.4 Å². The lowest BCUT2D eigenvalue weighted by atomic mass is 9.68. The Labute approximate surface area is 247 Å². The molecule has 0 N–H and O–H groups in total. The van der Waals surface area contributed by atoms with Gasteiger partial charge in [0, 0.05) is 0 Å². The molecule has 0 bridgehead atoms. The first-order valence-corrected chi connectivity index (χ1v) is 18.1. The van der Waals surface area contributed by atoms with Crippen LogP contribution in [0.4, 0.5) is 4.39 Å². The summed E-state index contributed by atoms with van der Waals surface area (Å²) in [6.45, 7) is 5.06. The molecular weight excluding hydrogens is 491 g/mol. The van der Waals surface area contributed by atoms with Crippen molar-refractivity contribution in [2.45, 2.75) is 167 Å². The molecule has 3 aliphatic rings. The van der Waals surface area contributed by atoms with Crippen LogP contribution in [0.2, 0.25) is 0 Å². The minimum atomic E-state index is -0.176. The second-order valence-electron chi connectivity index (χ2n) is 14.3. The van der Waals surface area contributed by atoms with Gasteiger partial charge in [0.05, 0.1) is 6.61 Å². The number of rotatable bonds is 16. The van der Waals surface area contributed by atoms with Crippen molar-refractivity contribution in [3.05, 3.63) is 29.6 Å². The van der Waals surface area contributed by atoms with Gasteiger partial charge in [-0.2, -0.15) is 0 Å². The van der Waals surface area contributed by atoms with Gasteiger partial charge in [-0.1, -0.05) is 110 Å². The van der Waals surface area contributed by atoms with Crippen molar-refractivity contribution < 1.29 is 9.13 Å². The highest BCUT2D eigenvalue weighted by atomic mass is 19.1. The van der Waals surface area contributed by atoms with E-state index in [1.165, 1.54) is 128 Å². The fourth-order valence-electron chi connectivity index (χ4n) is 8.62.